The summed E-state index contributed by atoms with van der Waals surface area (Å²) < 4.78 is 5.10. The summed E-state index contributed by atoms with van der Waals surface area (Å²) >= 11 is 0. The van der Waals surface area contributed by atoms with Crippen LogP contribution in [0.3, 0.4) is 0 Å². The molecule has 0 radical (unpaired) electrons. The highest BCUT2D eigenvalue weighted by molar-refractivity contribution is 5.15. The van der Waals surface area contributed by atoms with Gasteiger partial charge in [-0.1, -0.05) is 19.4 Å². The average molecular weight is 222 g/mol. The highest BCUT2D eigenvalue weighted by atomic mass is 16.5. The van der Waals surface area contributed by atoms with Crippen molar-refractivity contribution in [2.75, 3.05) is 7.11 Å². The molecule has 1 heterocycles. The maximum absolute atomic E-state index is 5.10. The standard InChI is InChI=1S/C13H22N2O/c1-5-9-13(2,3)14-10-11-7-6-8-12(15-11)16-4/h6-8,14H,5,9-10H2,1-4H3. The molecule has 1 rings (SSSR count). The predicted octanol–water partition coefficient (Wildman–Crippen LogP) is 2.76. The number of nitrogens with zero attached hydrogens (tertiary/aromatic N) is 1. The van der Waals surface area contributed by atoms with Gasteiger partial charge in [0.2, 0.25) is 5.88 Å². The molecule has 1 aromatic rings. The summed E-state index contributed by atoms with van der Waals surface area (Å²) in [5, 5.41) is 3.51. The van der Waals surface area contributed by atoms with E-state index in [0.29, 0.717) is 5.88 Å². The summed E-state index contributed by atoms with van der Waals surface area (Å²) in [4.78, 5) is 4.37. The van der Waals surface area contributed by atoms with Crippen LogP contribution in [-0.2, 0) is 6.54 Å². The van der Waals surface area contributed by atoms with Gasteiger partial charge in [0, 0.05) is 18.2 Å². The number of methoxy groups -OCH3 is 1. The minimum atomic E-state index is 0.166. The fourth-order valence-corrected chi connectivity index (χ4v) is 1.71. The molecule has 0 fully saturated rings. The Hall–Kier alpha value is -1.09. The van der Waals surface area contributed by atoms with Crippen molar-refractivity contribution in [3.63, 3.8) is 0 Å². The van der Waals surface area contributed by atoms with E-state index < -0.39 is 0 Å². The minimum absolute atomic E-state index is 0.166. The summed E-state index contributed by atoms with van der Waals surface area (Å²) in [6, 6.07) is 5.84. The van der Waals surface area contributed by atoms with Crippen LogP contribution in [0.5, 0.6) is 5.88 Å². The molecule has 0 bridgehead atoms. The van der Waals surface area contributed by atoms with Crippen LogP contribution in [0.4, 0.5) is 0 Å². The highest BCUT2D eigenvalue weighted by Crippen LogP contribution is 2.12. The Bertz CT molecular complexity index is 323. The van der Waals surface area contributed by atoms with Gasteiger partial charge in [-0.15, -0.1) is 0 Å². The van der Waals surface area contributed by atoms with E-state index in [0.717, 1.165) is 18.7 Å². The molecule has 0 amide bonds. The van der Waals surface area contributed by atoms with Gasteiger partial charge < -0.3 is 10.1 Å². The van der Waals surface area contributed by atoms with E-state index in [2.05, 4.69) is 31.1 Å². The van der Waals surface area contributed by atoms with E-state index in [-0.39, 0.29) is 5.54 Å². The molecule has 0 saturated carbocycles. The van der Waals surface area contributed by atoms with Gasteiger partial charge >= 0.3 is 0 Å². The molecule has 0 spiro atoms. The Kier molecular flexibility index (Phi) is 4.74. The van der Waals surface area contributed by atoms with Gasteiger partial charge in [0.25, 0.3) is 0 Å². The number of pyridine rings is 1. The molecule has 1 N–H and O–H groups in total. The largest absolute Gasteiger partial charge is 0.481 e. The Morgan fingerprint density at radius 3 is 2.75 bits per heavy atom. The lowest BCUT2D eigenvalue weighted by Gasteiger charge is -2.25. The molecule has 0 saturated heterocycles. The summed E-state index contributed by atoms with van der Waals surface area (Å²) in [5.74, 6) is 0.674. The van der Waals surface area contributed by atoms with E-state index in [1.807, 2.05) is 18.2 Å². The Morgan fingerprint density at radius 1 is 1.38 bits per heavy atom. The van der Waals surface area contributed by atoms with E-state index in [1.165, 1.54) is 6.42 Å². The fourth-order valence-electron chi connectivity index (χ4n) is 1.71. The van der Waals surface area contributed by atoms with Crippen molar-refractivity contribution in [3.05, 3.63) is 23.9 Å². The predicted molar refractivity (Wildman–Crippen MR) is 66.6 cm³/mol. The third-order valence-corrected chi connectivity index (χ3v) is 2.61. The van der Waals surface area contributed by atoms with Crippen LogP contribution < -0.4 is 10.1 Å². The Morgan fingerprint density at radius 2 is 2.12 bits per heavy atom. The molecular formula is C13H22N2O. The van der Waals surface area contributed by atoms with Gasteiger partial charge in [0.05, 0.1) is 12.8 Å². The zero-order chi connectivity index (χ0) is 12.0. The van der Waals surface area contributed by atoms with Gasteiger partial charge in [-0.3, -0.25) is 0 Å². The first-order chi connectivity index (χ1) is 7.57. The van der Waals surface area contributed by atoms with Crippen LogP contribution in [0.2, 0.25) is 0 Å². The number of hydrogen-bond donors (Lipinski definition) is 1. The lowest BCUT2D eigenvalue weighted by atomic mass is 9.99. The normalized spacial score (nSPS) is 11.5. The van der Waals surface area contributed by atoms with Gasteiger partial charge in [-0.25, -0.2) is 4.98 Å². The SMILES string of the molecule is CCCC(C)(C)NCc1cccc(OC)n1. The first-order valence-electron chi connectivity index (χ1n) is 5.82. The molecule has 16 heavy (non-hydrogen) atoms. The summed E-state index contributed by atoms with van der Waals surface area (Å²) in [6.07, 6.45) is 2.35. The first-order valence-corrected chi connectivity index (χ1v) is 5.82. The fraction of sp³-hybridized carbons (Fsp3) is 0.615. The first kappa shape index (κ1) is 13.0. The molecule has 0 aromatic carbocycles. The molecule has 3 nitrogen and oxygen atoms in total. The maximum Gasteiger partial charge on any atom is 0.213 e. The molecule has 0 unspecified atom stereocenters. The van der Waals surface area contributed by atoms with Crippen molar-refractivity contribution < 1.29 is 4.74 Å². The van der Waals surface area contributed by atoms with Crippen molar-refractivity contribution in [2.24, 2.45) is 0 Å². The maximum atomic E-state index is 5.10. The quantitative estimate of drug-likeness (QED) is 0.803. The van der Waals surface area contributed by atoms with Crippen molar-refractivity contribution in [2.45, 2.75) is 45.7 Å². The van der Waals surface area contributed by atoms with Crippen molar-refractivity contribution >= 4 is 0 Å². The molecule has 90 valence electrons. The van der Waals surface area contributed by atoms with Gasteiger partial charge in [-0.05, 0) is 26.3 Å². The number of rotatable bonds is 6. The molecule has 0 aliphatic rings. The second-order valence-corrected chi connectivity index (χ2v) is 4.66. The number of ether oxygens (including phenoxy) is 1. The second kappa shape index (κ2) is 5.85. The van der Waals surface area contributed by atoms with Crippen molar-refractivity contribution in [1.29, 1.82) is 0 Å². The van der Waals surface area contributed by atoms with Crippen LogP contribution in [0.1, 0.15) is 39.3 Å². The van der Waals surface area contributed by atoms with Crippen molar-refractivity contribution in [1.82, 2.24) is 10.3 Å². The van der Waals surface area contributed by atoms with Crippen LogP contribution in [0.15, 0.2) is 18.2 Å². The Labute approximate surface area is 98.2 Å². The lowest BCUT2D eigenvalue weighted by molar-refractivity contribution is 0.351. The Balaban J connectivity index is 2.53. The molecule has 0 aliphatic heterocycles. The van der Waals surface area contributed by atoms with Crippen LogP contribution in [-0.4, -0.2) is 17.6 Å². The number of hydrogen-bond acceptors (Lipinski definition) is 3. The van der Waals surface area contributed by atoms with Crippen LogP contribution in [0, 0.1) is 0 Å². The van der Waals surface area contributed by atoms with Gasteiger partial charge in [-0.2, -0.15) is 0 Å². The second-order valence-electron chi connectivity index (χ2n) is 4.66. The monoisotopic (exact) mass is 222 g/mol. The summed E-state index contributed by atoms with van der Waals surface area (Å²) in [5.41, 5.74) is 1.18. The topological polar surface area (TPSA) is 34.1 Å². The van der Waals surface area contributed by atoms with E-state index in [9.17, 15) is 0 Å². The summed E-state index contributed by atoms with van der Waals surface area (Å²) in [7, 11) is 1.64. The van der Waals surface area contributed by atoms with Gasteiger partial charge in [0.1, 0.15) is 0 Å². The number of aromatic nitrogens is 1. The zero-order valence-electron chi connectivity index (χ0n) is 10.7. The molecule has 1 aromatic heterocycles. The highest BCUT2D eigenvalue weighted by Gasteiger charge is 2.15. The summed E-state index contributed by atoms with van der Waals surface area (Å²) in [6.45, 7) is 7.42. The molecule has 0 aliphatic carbocycles. The van der Waals surface area contributed by atoms with E-state index in [4.69, 9.17) is 4.74 Å². The third kappa shape index (κ3) is 4.19. The average Bonchev–Trinajstić information content (AvgIpc) is 2.27. The van der Waals surface area contributed by atoms with Crippen molar-refractivity contribution in [3.8, 4) is 5.88 Å². The van der Waals surface area contributed by atoms with Crippen LogP contribution >= 0.6 is 0 Å². The molecular weight excluding hydrogens is 200 g/mol. The van der Waals surface area contributed by atoms with E-state index >= 15 is 0 Å². The van der Waals surface area contributed by atoms with E-state index in [1.54, 1.807) is 7.11 Å². The molecule has 0 atom stereocenters. The minimum Gasteiger partial charge on any atom is -0.481 e. The smallest absolute Gasteiger partial charge is 0.213 e. The van der Waals surface area contributed by atoms with Gasteiger partial charge in [0.15, 0.2) is 0 Å². The zero-order valence-corrected chi connectivity index (χ0v) is 10.7. The number of nitrogens with one attached hydrogen (secondary N) is 1. The third-order valence-electron chi connectivity index (χ3n) is 2.61. The lowest BCUT2D eigenvalue weighted by Crippen LogP contribution is -2.38. The molecule has 3 heteroatoms. The van der Waals surface area contributed by atoms with Crippen LogP contribution in [0.25, 0.3) is 0 Å².